The van der Waals surface area contributed by atoms with E-state index in [4.69, 9.17) is 16.3 Å². The zero-order valence-corrected chi connectivity index (χ0v) is 13.5. The molecular formula is C12H18ClN5O4. The van der Waals surface area contributed by atoms with Gasteiger partial charge in [-0.1, -0.05) is 0 Å². The number of nitrogens with one attached hydrogen (secondary N) is 1. The Balaban J connectivity index is 2.59. The molecule has 0 spiro atoms. The molecule has 22 heavy (non-hydrogen) atoms. The summed E-state index contributed by atoms with van der Waals surface area (Å²) in [5, 5.41) is 13.5. The van der Waals surface area contributed by atoms with Crippen LogP contribution in [0.4, 0.5) is 16.3 Å². The predicted octanol–water partition coefficient (Wildman–Crippen LogP) is 2.32. The van der Waals surface area contributed by atoms with Gasteiger partial charge in [0, 0.05) is 20.1 Å². The first-order chi connectivity index (χ1) is 10.1. The summed E-state index contributed by atoms with van der Waals surface area (Å²) in [4.78, 5) is 30.7. The summed E-state index contributed by atoms with van der Waals surface area (Å²) < 4.78 is 5.19. The number of nitro groups is 1. The third kappa shape index (κ3) is 5.68. The molecular weight excluding hydrogens is 314 g/mol. The van der Waals surface area contributed by atoms with Gasteiger partial charge in [-0.05, 0) is 32.4 Å². The van der Waals surface area contributed by atoms with Crippen molar-refractivity contribution in [2.75, 3.05) is 25.5 Å². The second-order valence-corrected chi connectivity index (χ2v) is 5.80. The molecule has 0 saturated carbocycles. The quantitative estimate of drug-likeness (QED) is 0.500. The molecule has 0 bridgehead atoms. The van der Waals surface area contributed by atoms with E-state index in [-0.39, 0.29) is 29.9 Å². The third-order valence-electron chi connectivity index (χ3n) is 2.38. The molecule has 1 rings (SSSR count). The minimum absolute atomic E-state index is 0.00240. The van der Waals surface area contributed by atoms with E-state index in [1.54, 1.807) is 27.8 Å². The summed E-state index contributed by atoms with van der Waals surface area (Å²) >= 11 is 5.62. The molecule has 0 aromatic carbocycles. The van der Waals surface area contributed by atoms with Crippen LogP contribution in [0.15, 0.2) is 6.20 Å². The molecule has 1 amide bonds. The molecule has 1 N–H and O–H groups in total. The van der Waals surface area contributed by atoms with E-state index in [2.05, 4.69) is 15.3 Å². The fourth-order valence-electron chi connectivity index (χ4n) is 1.39. The molecule has 0 radical (unpaired) electrons. The van der Waals surface area contributed by atoms with Crippen molar-refractivity contribution < 1.29 is 14.5 Å². The zero-order valence-electron chi connectivity index (χ0n) is 12.8. The van der Waals surface area contributed by atoms with Crippen LogP contribution in [-0.2, 0) is 4.74 Å². The number of nitrogens with zero attached hydrogens (tertiary/aromatic N) is 4. The van der Waals surface area contributed by atoms with E-state index < -0.39 is 16.6 Å². The number of anilines is 1. The number of carbonyl (C=O) groups is 1. The second kappa shape index (κ2) is 7.21. The average Bonchev–Trinajstić information content (AvgIpc) is 2.36. The Labute approximate surface area is 132 Å². The second-order valence-electron chi connectivity index (χ2n) is 5.46. The van der Waals surface area contributed by atoms with Crippen molar-refractivity contribution in [3.05, 3.63) is 21.6 Å². The van der Waals surface area contributed by atoms with Crippen LogP contribution in [0.5, 0.6) is 0 Å². The summed E-state index contributed by atoms with van der Waals surface area (Å²) in [6.45, 7) is 5.81. The minimum Gasteiger partial charge on any atom is -0.444 e. The number of carbonyl (C=O) groups excluding carboxylic acids is 1. The monoisotopic (exact) mass is 331 g/mol. The Morgan fingerprint density at radius 1 is 1.55 bits per heavy atom. The standard InChI is InChI=1S/C12H18ClN5O4/c1-12(2,3)22-11(19)17(4)6-5-14-9-8(18(20)21)7-15-10(13)16-9/h7H,5-6H2,1-4H3,(H,14,15,16). The van der Waals surface area contributed by atoms with Gasteiger partial charge in [0.2, 0.25) is 11.1 Å². The van der Waals surface area contributed by atoms with Gasteiger partial charge in [-0.15, -0.1) is 0 Å². The van der Waals surface area contributed by atoms with Crippen LogP contribution in [0.1, 0.15) is 20.8 Å². The molecule has 0 aliphatic heterocycles. The van der Waals surface area contributed by atoms with E-state index in [9.17, 15) is 14.9 Å². The predicted molar refractivity (Wildman–Crippen MR) is 81.1 cm³/mol. The van der Waals surface area contributed by atoms with E-state index in [1.165, 1.54) is 4.90 Å². The fraction of sp³-hybridized carbons (Fsp3) is 0.583. The van der Waals surface area contributed by atoms with Crippen LogP contribution in [0, 0.1) is 10.1 Å². The van der Waals surface area contributed by atoms with Gasteiger partial charge >= 0.3 is 11.8 Å². The molecule has 9 nitrogen and oxygen atoms in total. The van der Waals surface area contributed by atoms with E-state index in [1.807, 2.05) is 0 Å². The maximum Gasteiger partial charge on any atom is 0.410 e. The molecule has 0 fully saturated rings. The molecule has 0 atom stereocenters. The van der Waals surface area contributed by atoms with Crippen LogP contribution in [0.25, 0.3) is 0 Å². The van der Waals surface area contributed by atoms with Gasteiger partial charge in [0.25, 0.3) is 0 Å². The van der Waals surface area contributed by atoms with Gasteiger partial charge in [0.05, 0.1) is 4.92 Å². The lowest BCUT2D eigenvalue weighted by Gasteiger charge is -2.24. The van der Waals surface area contributed by atoms with Gasteiger partial charge in [-0.25, -0.2) is 9.78 Å². The van der Waals surface area contributed by atoms with Crippen LogP contribution >= 0.6 is 11.6 Å². The lowest BCUT2D eigenvalue weighted by atomic mass is 10.2. The normalized spacial score (nSPS) is 11.0. The summed E-state index contributed by atoms with van der Waals surface area (Å²) in [6.07, 6.45) is 0.541. The SMILES string of the molecule is CN(CCNc1nc(Cl)ncc1[N+](=O)[O-])C(=O)OC(C)(C)C. The van der Waals surface area contributed by atoms with Gasteiger partial charge < -0.3 is 15.0 Å². The maximum absolute atomic E-state index is 11.8. The van der Waals surface area contributed by atoms with E-state index >= 15 is 0 Å². The molecule has 10 heteroatoms. The Kier molecular flexibility index (Phi) is 5.86. The minimum atomic E-state index is -0.615. The van der Waals surface area contributed by atoms with Gasteiger partial charge in [-0.3, -0.25) is 10.1 Å². The lowest BCUT2D eigenvalue weighted by molar-refractivity contribution is -0.384. The fourth-order valence-corrected chi connectivity index (χ4v) is 1.52. The van der Waals surface area contributed by atoms with Gasteiger partial charge in [0.1, 0.15) is 11.8 Å². The lowest BCUT2D eigenvalue weighted by Crippen LogP contribution is -2.36. The van der Waals surface area contributed by atoms with Crippen LogP contribution in [-0.4, -0.2) is 51.6 Å². The Hall–Kier alpha value is -2.16. The molecule has 122 valence electrons. The highest BCUT2D eigenvalue weighted by atomic mass is 35.5. The van der Waals surface area contributed by atoms with Crippen molar-refractivity contribution >= 4 is 29.2 Å². The summed E-state index contributed by atoms with van der Waals surface area (Å²) in [7, 11) is 1.57. The molecule has 1 heterocycles. The number of amides is 1. The Bertz CT molecular complexity index is 561. The number of halogens is 1. The number of likely N-dealkylation sites (N-methyl/N-ethyl adjacent to an activating group) is 1. The molecule has 1 aromatic rings. The highest BCUT2D eigenvalue weighted by Gasteiger charge is 2.20. The Morgan fingerprint density at radius 3 is 2.73 bits per heavy atom. The number of aromatic nitrogens is 2. The molecule has 1 aromatic heterocycles. The summed E-state index contributed by atoms with van der Waals surface area (Å²) in [5.41, 5.74) is -0.873. The summed E-state index contributed by atoms with van der Waals surface area (Å²) in [5.74, 6) is 0.00240. The molecule has 0 aliphatic rings. The first-order valence-electron chi connectivity index (χ1n) is 6.45. The molecule has 0 saturated heterocycles. The average molecular weight is 332 g/mol. The van der Waals surface area contributed by atoms with Crippen molar-refractivity contribution in [2.45, 2.75) is 26.4 Å². The van der Waals surface area contributed by atoms with Crippen molar-refractivity contribution in [3.63, 3.8) is 0 Å². The zero-order chi connectivity index (χ0) is 16.9. The van der Waals surface area contributed by atoms with Crippen LogP contribution < -0.4 is 5.32 Å². The van der Waals surface area contributed by atoms with Crippen LogP contribution in [0.2, 0.25) is 5.28 Å². The highest BCUT2D eigenvalue weighted by molar-refractivity contribution is 6.28. The van der Waals surface area contributed by atoms with E-state index in [0.29, 0.717) is 0 Å². The van der Waals surface area contributed by atoms with Crippen molar-refractivity contribution in [1.82, 2.24) is 14.9 Å². The van der Waals surface area contributed by atoms with E-state index in [0.717, 1.165) is 6.20 Å². The van der Waals surface area contributed by atoms with Gasteiger partial charge in [-0.2, -0.15) is 4.98 Å². The van der Waals surface area contributed by atoms with Crippen LogP contribution in [0.3, 0.4) is 0 Å². The van der Waals surface area contributed by atoms with Crippen molar-refractivity contribution in [2.24, 2.45) is 0 Å². The number of rotatable bonds is 5. The smallest absolute Gasteiger partial charge is 0.410 e. The highest BCUT2D eigenvalue weighted by Crippen LogP contribution is 2.21. The maximum atomic E-state index is 11.8. The number of ether oxygens (including phenoxy) is 1. The number of hydrogen-bond donors (Lipinski definition) is 1. The third-order valence-corrected chi connectivity index (χ3v) is 2.56. The first kappa shape index (κ1) is 17.9. The number of hydrogen-bond acceptors (Lipinski definition) is 7. The summed E-state index contributed by atoms with van der Waals surface area (Å²) in [6, 6.07) is 0. The molecule has 0 aliphatic carbocycles. The van der Waals surface area contributed by atoms with Gasteiger partial charge in [0.15, 0.2) is 0 Å². The van der Waals surface area contributed by atoms with Crippen molar-refractivity contribution in [1.29, 1.82) is 0 Å². The molecule has 0 unspecified atom stereocenters. The first-order valence-corrected chi connectivity index (χ1v) is 6.83. The Morgan fingerprint density at radius 2 is 2.18 bits per heavy atom. The largest absolute Gasteiger partial charge is 0.444 e. The topological polar surface area (TPSA) is 110 Å². The van der Waals surface area contributed by atoms with Crippen molar-refractivity contribution in [3.8, 4) is 0 Å².